The summed E-state index contributed by atoms with van der Waals surface area (Å²) < 4.78 is 5.52. The second-order valence-corrected chi connectivity index (χ2v) is 3.34. The molecule has 1 rings (SSSR count). The van der Waals surface area contributed by atoms with Gasteiger partial charge in [-0.2, -0.15) is 0 Å². The molecule has 0 saturated carbocycles. The first-order valence-electron chi connectivity index (χ1n) is 5.47. The maximum atomic E-state index is 5.52. The van der Waals surface area contributed by atoms with Crippen molar-refractivity contribution in [2.75, 3.05) is 6.61 Å². The molecule has 0 fully saturated rings. The zero-order valence-corrected chi connectivity index (χ0v) is 9.79. The summed E-state index contributed by atoms with van der Waals surface area (Å²) in [5.74, 6) is 1.69. The van der Waals surface area contributed by atoms with Crippen molar-refractivity contribution in [1.82, 2.24) is 0 Å². The van der Waals surface area contributed by atoms with Gasteiger partial charge in [-0.25, -0.2) is 0 Å². The number of rotatable bonds is 4. The molecule has 1 nitrogen and oxygen atoms in total. The minimum absolute atomic E-state index is 0.716. The summed E-state index contributed by atoms with van der Waals surface area (Å²) in [6.45, 7) is 9.23. The highest BCUT2D eigenvalue weighted by atomic mass is 16.5. The fourth-order valence-corrected chi connectivity index (χ4v) is 0.929. The van der Waals surface area contributed by atoms with Crippen LogP contribution in [-0.2, 0) is 0 Å². The Labute approximate surface area is 88.1 Å². The van der Waals surface area contributed by atoms with Crippen LogP contribution in [0.2, 0.25) is 0 Å². The molecule has 0 aliphatic carbocycles. The highest BCUT2D eigenvalue weighted by Crippen LogP contribution is 2.09. The molecular formula is C13H22O. The molecule has 1 aromatic rings. The van der Waals surface area contributed by atoms with E-state index in [2.05, 4.69) is 13.8 Å². The third kappa shape index (κ3) is 6.53. The largest absolute Gasteiger partial charge is 0.494 e. The fourth-order valence-electron chi connectivity index (χ4n) is 0.929. The molecule has 0 unspecified atom stereocenters. The van der Waals surface area contributed by atoms with Gasteiger partial charge in [0.25, 0.3) is 0 Å². The average molecular weight is 194 g/mol. The highest BCUT2D eigenvalue weighted by Gasteiger charge is 1.94. The lowest BCUT2D eigenvalue weighted by atomic mass is 10.1. The van der Waals surface area contributed by atoms with E-state index < -0.39 is 0 Å². The molecule has 80 valence electrons. The lowest BCUT2D eigenvalue weighted by molar-refractivity contribution is 0.289. The summed E-state index contributed by atoms with van der Waals surface area (Å²) in [4.78, 5) is 0. The Bertz CT molecular complexity index is 204. The Kier molecular flexibility index (Phi) is 8.01. The third-order valence-electron chi connectivity index (χ3n) is 1.71. The van der Waals surface area contributed by atoms with E-state index in [1.165, 1.54) is 0 Å². The van der Waals surface area contributed by atoms with E-state index >= 15 is 0 Å². The summed E-state index contributed by atoms with van der Waals surface area (Å²) in [5, 5.41) is 0. The topological polar surface area (TPSA) is 9.23 Å². The highest BCUT2D eigenvalue weighted by molar-refractivity contribution is 5.20. The summed E-state index contributed by atoms with van der Waals surface area (Å²) in [7, 11) is 0. The first-order valence-corrected chi connectivity index (χ1v) is 5.47. The molecule has 0 heterocycles. The Morgan fingerprint density at radius 1 is 1.07 bits per heavy atom. The fraction of sp³-hybridized carbons (Fsp3) is 0.538. The lowest BCUT2D eigenvalue weighted by Crippen LogP contribution is -2.00. The number of hydrogen-bond acceptors (Lipinski definition) is 1. The van der Waals surface area contributed by atoms with Crippen LogP contribution < -0.4 is 4.74 Å². The van der Waals surface area contributed by atoms with Crippen LogP contribution in [0.25, 0.3) is 0 Å². The van der Waals surface area contributed by atoms with Crippen molar-refractivity contribution in [3.8, 4) is 5.75 Å². The quantitative estimate of drug-likeness (QED) is 0.700. The monoisotopic (exact) mass is 194 g/mol. The van der Waals surface area contributed by atoms with Crippen molar-refractivity contribution in [1.29, 1.82) is 0 Å². The van der Waals surface area contributed by atoms with Gasteiger partial charge in [-0.05, 0) is 24.5 Å². The van der Waals surface area contributed by atoms with Crippen LogP contribution >= 0.6 is 0 Å². The zero-order chi connectivity index (χ0) is 10.8. The molecule has 0 spiro atoms. The summed E-state index contributed by atoms with van der Waals surface area (Å²) in [6, 6.07) is 9.95. The van der Waals surface area contributed by atoms with Crippen LogP contribution in [0.15, 0.2) is 30.3 Å². The predicted octanol–water partition coefficient (Wildman–Crippen LogP) is 4.14. The van der Waals surface area contributed by atoms with Gasteiger partial charge in [-0.15, -0.1) is 0 Å². The molecule has 0 aliphatic rings. The molecular weight excluding hydrogens is 172 g/mol. The van der Waals surface area contributed by atoms with Gasteiger partial charge in [0.2, 0.25) is 0 Å². The normalized spacial score (nSPS) is 9.21. The molecule has 0 atom stereocenters. The van der Waals surface area contributed by atoms with Crippen molar-refractivity contribution in [2.45, 2.75) is 34.1 Å². The number of para-hydroxylation sites is 1. The van der Waals surface area contributed by atoms with Crippen molar-refractivity contribution in [2.24, 2.45) is 5.92 Å². The number of hydrogen-bond donors (Lipinski definition) is 0. The van der Waals surface area contributed by atoms with Gasteiger partial charge >= 0.3 is 0 Å². The predicted molar refractivity (Wildman–Crippen MR) is 62.7 cm³/mol. The second-order valence-electron chi connectivity index (χ2n) is 3.34. The molecule has 1 heteroatoms. The van der Waals surface area contributed by atoms with E-state index in [0.29, 0.717) is 5.92 Å². The minimum Gasteiger partial charge on any atom is -0.494 e. The van der Waals surface area contributed by atoms with Crippen molar-refractivity contribution in [3.05, 3.63) is 30.3 Å². The van der Waals surface area contributed by atoms with Crippen molar-refractivity contribution in [3.63, 3.8) is 0 Å². The lowest BCUT2D eigenvalue weighted by Gasteiger charge is -2.07. The van der Waals surface area contributed by atoms with Crippen LogP contribution in [0.4, 0.5) is 0 Å². The molecule has 0 saturated heterocycles. The van der Waals surface area contributed by atoms with Gasteiger partial charge in [-0.1, -0.05) is 45.9 Å². The maximum absolute atomic E-state index is 5.52. The van der Waals surface area contributed by atoms with Crippen LogP contribution in [0.3, 0.4) is 0 Å². The van der Waals surface area contributed by atoms with Gasteiger partial charge in [0, 0.05) is 0 Å². The first kappa shape index (κ1) is 13.0. The smallest absolute Gasteiger partial charge is 0.119 e. The van der Waals surface area contributed by atoms with Gasteiger partial charge in [0.1, 0.15) is 5.75 Å². The third-order valence-corrected chi connectivity index (χ3v) is 1.71. The van der Waals surface area contributed by atoms with E-state index in [-0.39, 0.29) is 0 Å². The minimum atomic E-state index is 0.716. The van der Waals surface area contributed by atoms with Gasteiger partial charge < -0.3 is 4.74 Å². The van der Waals surface area contributed by atoms with Crippen molar-refractivity contribution < 1.29 is 4.74 Å². The van der Waals surface area contributed by atoms with Gasteiger partial charge in [-0.3, -0.25) is 0 Å². The first-order chi connectivity index (χ1) is 6.79. The zero-order valence-electron chi connectivity index (χ0n) is 9.79. The molecule has 0 N–H and O–H groups in total. The van der Waals surface area contributed by atoms with E-state index in [4.69, 9.17) is 4.74 Å². The van der Waals surface area contributed by atoms with Crippen LogP contribution in [0.1, 0.15) is 34.1 Å². The Morgan fingerprint density at radius 3 is 2.14 bits per heavy atom. The van der Waals surface area contributed by atoms with E-state index in [1.54, 1.807) is 0 Å². The molecule has 14 heavy (non-hydrogen) atoms. The SMILES string of the molecule is CC.CC(C)CCOc1ccccc1. The second kappa shape index (κ2) is 8.61. The van der Waals surface area contributed by atoms with E-state index in [9.17, 15) is 0 Å². The van der Waals surface area contributed by atoms with E-state index in [1.807, 2.05) is 44.2 Å². The van der Waals surface area contributed by atoms with Crippen molar-refractivity contribution >= 4 is 0 Å². The van der Waals surface area contributed by atoms with E-state index in [0.717, 1.165) is 18.8 Å². The summed E-state index contributed by atoms with van der Waals surface area (Å²) in [6.07, 6.45) is 1.12. The number of ether oxygens (including phenoxy) is 1. The summed E-state index contributed by atoms with van der Waals surface area (Å²) in [5.41, 5.74) is 0. The van der Waals surface area contributed by atoms with Gasteiger partial charge in [0.05, 0.1) is 6.61 Å². The summed E-state index contributed by atoms with van der Waals surface area (Å²) >= 11 is 0. The standard InChI is InChI=1S/C11H16O.C2H6/c1-10(2)8-9-12-11-6-4-3-5-7-11;1-2/h3-7,10H,8-9H2,1-2H3;1-2H3. The van der Waals surface area contributed by atoms with Crippen LogP contribution in [0, 0.1) is 5.92 Å². The molecule has 0 radical (unpaired) electrons. The molecule has 0 bridgehead atoms. The van der Waals surface area contributed by atoms with Gasteiger partial charge in [0.15, 0.2) is 0 Å². The van der Waals surface area contributed by atoms with Crippen LogP contribution in [-0.4, -0.2) is 6.61 Å². The Hall–Kier alpha value is -0.980. The molecule has 0 amide bonds. The van der Waals surface area contributed by atoms with Crippen LogP contribution in [0.5, 0.6) is 5.75 Å². The molecule has 0 aromatic heterocycles. The number of benzene rings is 1. The Balaban J connectivity index is 0.000000791. The molecule has 0 aliphatic heterocycles. The average Bonchev–Trinajstić information content (AvgIpc) is 2.22. The maximum Gasteiger partial charge on any atom is 0.119 e. The molecule has 1 aromatic carbocycles. The Morgan fingerprint density at radius 2 is 1.64 bits per heavy atom.